The normalized spacial score (nSPS) is 15.3. The van der Waals surface area contributed by atoms with Crippen LogP contribution in [0.1, 0.15) is 30.0 Å². The van der Waals surface area contributed by atoms with Gasteiger partial charge in [-0.3, -0.25) is 4.79 Å². The van der Waals surface area contributed by atoms with Gasteiger partial charge in [-0.15, -0.1) is 13.2 Å². The number of hydrogen-bond donors (Lipinski definition) is 0. The van der Waals surface area contributed by atoms with Crippen molar-refractivity contribution in [3.8, 4) is 0 Å². The molecule has 8 heteroatoms. The van der Waals surface area contributed by atoms with Crippen molar-refractivity contribution in [2.75, 3.05) is 7.05 Å². The van der Waals surface area contributed by atoms with Crippen molar-refractivity contribution in [2.45, 2.75) is 44.9 Å². The second kappa shape index (κ2) is 8.94. The molecule has 0 aliphatic heterocycles. The molecule has 0 unspecified atom stereocenters. The van der Waals surface area contributed by atoms with Crippen LogP contribution >= 0.6 is 0 Å². The third-order valence-corrected chi connectivity index (χ3v) is 5.50. The average molecular weight is 410 g/mol. The van der Waals surface area contributed by atoms with Crippen molar-refractivity contribution in [1.82, 2.24) is 18.6 Å². The zero-order valence-corrected chi connectivity index (χ0v) is 17.1. The Morgan fingerprint density at radius 2 is 1.60 bits per heavy atom. The number of likely N-dealkylation sites (N-methyl/N-ethyl adjacent to an activating group) is 1. The number of carbonyl (C=O) groups excluding carboxylic acids is 1. The van der Waals surface area contributed by atoms with Crippen LogP contribution in [0.2, 0.25) is 0 Å². The summed E-state index contributed by atoms with van der Waals surface area (Å²) in [6, 6.07) is 7.87. The van der Waals surface area contributed by atoms with E-state index in [-0.39, 0.29) is 25.0 Å². The number of rotatable bonds is 7. The van der Waals surface area contributed by atoms with Crippen molar-refractivity contribution in [3.63, 3.8) is 0 Å². The van der Waals surface area contributed by atoms with Gasteiger partial charge in [0.2, 0.25) is 5.91 Å². The Bertz CT molecular complexity index is 1110. The number of benzene rings is 1. The maximum Gasteiger partial charge on any atom is 0.337 e. The summed E-state index contributed by atoms with van der Waals surface area (Å²) in [5.74, 6) is -0.371. The zero-order chi connectivity index (χ0) is 21.8. The number of aromatic nitrogens is 3. The number of hydrogen-bond acceptors (Lipinski definition) is 4. The van der Waals surface area contributed by atoms with Crippen molar-refractivity contribution in [2.24, 2.45) is 0 Å². The second-order valence-corrected chi connectivity index (χ2v) is 7.34. The molecular weight excluding hydrogens is 384 g/mol. The van der Waals surface area contributed by atoms with E-state index in [0.29, 0.717) is 0 Å². The van der Waals surface area contributed by atoms with Gasteiger partial charge in [0.25, 0.3) is 0 Å². The minimum atomic E-state index is -0.823. The number of allylic oxidation sites excluding steroid dienone is 2. The molecule has 8 nitrogen and oxygen atoms in total. The number of fused-ring (bicyclic) bond motifs is 1. The SMILES string of the molecule is C=CCn1c(=O)n(CC=C)c(=O)n(CC(=O)N(C)[C@H]2CCCc3ccccc32)c1=O. The molecule has 2 aromatic rings. The first kappa shape index (κ1) is 21.3. The van der Waals surface area contributed by atoms with E-state index in [4.69, 9.17) is 0 Å². The van der Waals surface area contributed by atoms with Gasteiger partial charge in [0.1, 0.15) is 6.54 Å². The van der Waals surface area contributed by atoms with Crippen LogP contribution in [0.3, 0.4) is 0 Å². The minimum absolute atomic E-state index is 0.0604. The highest BCUT2D eigenvalue weighted by Gasteiger charge is 2.27. The number of nitrogens with zero attached hydrogens (tertiary/aromatic N) is 4. The fraction of sp³-hybridized carbons (Fsp3) is 0.364. The van der Waals surface area contributed by atoms with Gasteiger partial charge in [0.15, 0.2) is 0 Å². The van der Waals surface area contributed by atoms with E-state index in [1.54, 1.807) is 11.9 Å². The molecule has 3 rings (SSSR count). The molecule has 0 radical (unpaired) electrons. The molecule has 0 N–H and O–H groups in total. The van der Waals surface area contributed by atoms with Gasteiger partial charge in [-0.05, 0) is 30.4 Å². The molecule has 30 heavy (non-hydrogen) atoms. The van der Waals surface area contributed by atoms with Gasteiger partial charge in [-0.2, -0.15) is 0 Å². The van der Waals surface area contributed by atoms with Crippen molar-refractivity contribution in [3.05, 3.63) is 92.2 Å². The summed E-state index contributed by atoms with van der Waals surface area (Å²) in [7, 11) is 1.68. The lowest BCUT2D eigenvalue weighted by atomic mass is 9.87. The van der Waals surface area contributed by atoms with Gasteiger partial charge in [-0.1, -0.05) is 36.4 Å². The van der Waals surface area contributed by atoms with Crippen LogP contribution in [0.25, 0.3) is 0 Å². The lowest BCUT2D eigenvalue weighted by Crippen LogP contribution is -2.55. The van der Waals surface area contributed by atoms with Gasteiger partial charge in [-0.25, -0.2) is 28.1 Å². The van der Waals surface area contributed by atoms with Gasteiger partial charge in [0.05, 0.1) is 19.1 Å². The van der Waals surface area contributed by atoms with E-state index < -0.39 is 23.6 Å². The molecular formula is C22H26N4O4. The Labute approximate surface area is 174 Å². The predicted octanol–water partition coefficient (Wildman–Crippen LogP) is 1.08. The molecule has 1 heterocycles. The molecule has 1 aliphatic rings. The summed E-state index contributed by atoms with van der Waals surface area (Å²) in [5.41, 5.74) is -0.0962. The van der Waals surface area contributed by atoms with E-state index in [1.165, 1.54) is 17.7 Å². The van der Waals surface area contributed by atoms with E-state index >= 15 is 0 Å². The lowest BCUT2D eigenvalue weighted by Gasteiger charge is -2.33. The average Bonchev–Trinajstić information content (AvgIpc) is 2.76. The first-order chi connectivity index (χ1) is 14.4. The molecule has 0 bridgehead atoms. The highest BCUT2D eigenvalue weighted by atomic mass is 16.2. The van der Waals surface area contributed by atoms with E-state index in [9.17, 15) is 19.2 Å². The maximum absolute atomic E-state index is 13.0. The third kappa shape index (κ3) is 3.85. The van der Waals surface area contributed by atoms with Crippen molar-refractivity contribution < 1.29 is 4.79 Å². The number of aryl methyl sites for hydroxylation is 1. The highest BCUT2D eigenvalue weighted by molar-refractivity contribution is 5.76. The van der Waals surface area contributed by atoms with Crippen LogP contribution < -0.4 is 17.1 Å². The summed E-state index contributed by atoms with van der Waals surface area (Å²) in [5, 5.41) is 0. The van der Waals surface area contributed by atoms with Gasteiger partial charge in [0, 0.05) is 7.05 Å². The fourth-order valence-corrected chi connectivity index (χ4v) is 3.94. The second-order valence-electron chi connectivity index (χ2n) is 7.34. The number of amides is 1. The van der Waals surface area contributed by atoms with E-state index in [2.05, 4.69) is 19.2 Å². The Morgan fingerprint density at radius 3 is 2.20 bits per heavy atom. The monoisotopic (exact) mass is 410 g/mol. The molecule has 1 atom stereocenters. The highest BCUT2D eigenvalue weighted by Crippen LogP contribution is 2.33. The van der Waals surface area contributed by atoms with Crippen molar-refractivity contribution >= 4 is 5.91 Å². The maximum atomic E-state index is 13.0. The van der Waals surface area contributed by atoms with Crippen LogP contribution in [0.5, 0.6) is 0 Å². The molecule has 1 amide bonds. The topological polar surface area (TPSA) is 86.3 Å². The van der Waals surface area contributed by atoms with Gasteiger partial charge < -0.3 is 4.90 Å². The molecule has 158 valence electrons. The van der Waals surface area contributed by atoms with Crippen molar-refractivity contribution in [1.29, 1.82) is 0 Å². The third-order valence-electron chi connectivity index (χ3n) is 5.50. The Balaban J connectivity index is 1.98. The summed E-state index contributed by atoms with van der Waals surface area (Å²) < 4.78 is 2.59. The van der Waals surface area contributed by atoms with Crippen LogP contribution in [0.4, 0.5) is 0 Å². The molecule has 0 spiro atoms. The largest absolute Gasteiger partial charge is 0.337 e. The molecule has 1 aromatic carbocycles. The molecule has 0 fully saturated rings. The Morgan fingerprint density at radius 1 is 1.03 bits per heavy atom. The smallest absolute Gasteiger partial charge is 0.337 e. The molecule has 1 aliphatic carbocycles. The number of carbonyl (C=O) groups is 1. The van der Waals surface area contributed by atoms with E-state index in [0.717, 1.165) is 38.5 Å². The first-order valence-electron chi connectivity index (χ1n) is 9.90. The standard InChI is InChI=1S/C22H26N4O4/c1-4-13-24-20(28)25(14-5-2)22(30)26(21(24)29)15-19(27)23(3)18-12-8-10-16-9-6-7-11-17(16)18/h4-7,9,11,18H,1-2,8,10,12-15H2,3H3/t18-/m0/s1. The van der Waals surface area contributed by atoms with Crippen LogP contribution in [0.15, 0.2) is 64.0 Å². The zero-order valence-electron chi connectivity index (χ0n) is 17.1. The van der Waals surface area contributed by atoms with Crippen LogP contribution in [-0.2, 0) is 30.8 Å². The molecule has 1 aromatic heterocycles. The van der Waals surface area contributed by atoms with Crippen LogP contribution in [-0.4, -0.2) is 31.6 Å². The van der Waals surface area contributed by atoms with Gasteiger partial charge >= 0.3 is 17.1 Å². The quantitative estimate of drug-likeness (QED) is 0.639. The fourth-order valence-electron chi connectivity index (χ4n) is 3.94. The lowest BCUT2D eigenvalue weighted by molar-refractivity contribution is -0.133. The summed E-state index contributed by atoms with van der Waals surface area (Å²) in [4.78, 5) is 52.6. The summed E-state index contributed by atoms with van der Waals surface area (Å²) in [6.07, 6.45) is 5.51. The minimum Gasteiger partial charge on any atom is -0.337 e. The summed E-state index contributed by atoms with van der Waals surface area (Å²) in [6.45, 7) is 6.53. The predicted molar refractivity (Wildman–Crippen MR) is 115 cm³/mol. The van der Waals surface area contributed by atoms with Crippen LogP contribution in [0, 0.1) is 0 Å². The molecule has 0 saturated carbocycles. The van der Waals surface area contributed by atoms with E-state index in [1.807, 2.05) is 18.2 Å². The Hall–Kier alpha value is -3.42. The Kier molecular flexibility index (Phi) is 6.34. The molecule has 0 saturated heterocycles. The first-order valence-corrected chi connectivity index (χ1v) is 9.90. The summed E-state index contributed by atoms with van der Waals surface area (Å²) >= 11 is 0.